The Morgan fingerprint density at radius 1 is 1.20 bits per heavy atom. The number of hydrogen-bond donors (Lipinski definition) is 0. The van der Waals surface area contributed by atoms with Crippen molar-refractivity contribution < 1.29 is 4.79 Å². The van der Waals surface area contributed by atoms with E-state index in [-0.39, 0.29) is 0 Å². The number of benzene rings is 1. The Kier molecular flexibility index (Phi) is 7.33. The zero-order valence-corrected chi connectivity index (χ0v) is 12.6. The molecule has 0 N–H and O–H groups in total. The maximum Gasteiger partial charge on any atom is 0.150 e. The van der Waals surface area contributed by atoms with Crippen LogP contribution in [0.25, 0.3) is 0 Å². The maximum atomic E-state index is 10.6. The molecule has 0 spiro atoms. The van der Waals surface area contributed by atoms with E-state index in [4.69, 9.17) is 0 Å². The lowest BCUT2D eigenvalue weighted by atomic mass is 10.0. The Labute approximate surface area is 121 Å². The third kappa shape index (κ3) is 4.65. The molecule has 20 heavy (non-hydrogen) atoms. The molecule has 108 valence electrons. The average Bonchev–Trinajstić information content (AvgIpc) is 3.00. The molecule has 1 heterocycles. The van der Waals surface area contributed by atoms with Crippen molar-refractivity contribution in [2.45, 2.75) is 46.1 Å². The fourth-order valence-corrected chi connectivity index (χ4v) is 2.01. The Bertz CT molecular complexity index is 474. The van der Waals surface area contributed by atoms with Crippen molar-refractivity contribution in [1.29, 1.82) is 0 Å². The summed E-state index contributed by atoms with van der Waals surface area (Å²) in [6.45, 7) is 6.42. The van der Waals surface area contributed by atoms with Gasteiger partial charge in [0.2, 0.25) is 0 Å². The second-order valence-electron chi connectivity index (χ2n) is 4.81. The van der Waals surface area contributed by atoms with Gasteiger partial charge in [-0.05, 0) is 12.0 Å². The average molecular weight is 272 g/mol. The molecule has 1 unspecified atom stereocenters. The van der Waals surface area contributed by atoms with E-state index in [2.05, 4.69) is 30.3 Å². The molecule has 0 aliphatic heterocycles. The van der Waals surface area contributed by atoms with E-state index in [1.165, 1.54) is 12.0 Å². The first-order valence-electron chi connectivity index (χ1n) is 7.29. The van der Waals surface area contributed by atoms with Crippen molar-refractivity contribution in [3.8, 4) is 0 Å². The first-order valence-corrected chi connectivity index (χ1v) is 7.29. The van der Waals surface area contributed by atoms with E-state index in [1.807, 2.05) is 36.8 Å². The van der Waals surface area contributed by atoms with Crippen LogP contribution >= 0.6 is 0 Å². The molecule has 2 rings (SSSR count). The third-order valence-electron chi connectivity index (χ3n) is 2.90. The highest BCUT2D eigenvalue weighted by atomic mass is 16.1. The standard InChI is InChI=1S/C14H16N2O.C3H8/c1-2-3-14(16-9-8-15-11-16)13-6-4-12(10-17)5-7-13;1-3-2/h4-11,14H,2-3H2,1H3;3H2,1-2H3. The minimum atomic E-state index is 0.309. The molecule has 1 aromatic heterocycles. The van der Waals surface area contributed by atoms with Gasteiger partial charge in [-0.3, -0.25) is 4.79 Å². The number of carbonyl (C=O) groups is 1. The molecule has 0 amide bonds. The summed E-state index contributed by atoms with van der Waals surface area (Å²) >= 11 is 0. The van der Waals surface area contributed by atoms with Crippen molar-refractivity contribution in [2.24, 2.45) is 0 Å². The van der Waals surface area contributed by atoms with Gasteiger partial charge in [0.05, 0.1) is 12.4 Å². The molecule has 3 nitrogen and oxygen atoms in total. The van der Waals surface area contributed by atoms with Gasteiger partial charge in [-0.15, -0.1) is 0 Å². The topological polar surface area (TPSA) is 34.9 Å². The van der Waals surface area contributed by atoms with E-state index in [1.54, 1.807) is 6.20 Å². The van der Waals surface area contributed by atoms with Gasteiger partial charge < -0.3 is 4.57 Å². The van der Waals surface area contributed by atoms with Gasteiger partial charge in [-0.1, -0.05) is 57.9 Å². The van der Waals surface area contributed by atoms with Gasteiger partial charge in [0.1, 0.15) is 6.29 Å². The number of nitrogens with zero attached hydrogens (tertiary/aromatic N) is 2. The van der Waals surface area contributed by atoms with Crippen molar-refractivity contribution >= 4 is 6.29 Å². The molecule has 0 aliphatic carbocycles. The van der Waals surface area contributed by atoms with Gasteiger partial charge in [-0.25, -0.2) is 4.98 Å². The van der Waals surface area contributed by atoms with Crippen molar-refractivity contribution in [2.75, 3.05) is 0 Å². The zero-order valence-electron chi connectivity index (χ0n) is 12.6. The highest BCUT2D eigenvalue weighted by molar-refractivity contribution is 5.74. The van der Waals surface area contributed by atoms with Gasteiger partial charge in [0.15, 0.2) is 0 Å². The van der Waals surface area contributed by atoms with Crippen LogP contribution in [-0.4, -0.2) is 15.8 Å². The van der Waals surface area contributed by atoms with Crippen molar-refractivity contribution in [3.05, 3.63) is 54.1 Å². The third-order valence-corrected chi connectivity index (χ3v) is 2.90. The number of aldehydes is 1. The van der Waals surface area contributed by atoms with Crippen LogP contribution in [0.1, 0.15) is 62.0 Å². The highest BCUT2D eigenvalue weighted by Crippen LogP contribution is 2.23. The fraction of sp³-hybridized carbons (Fsp3) is 0.412. The Morgan fingerprint density at radius 3 is 2.30 bits per heavy atom. The summed E-state index contributed by atoms with van der Waals surface area (Å²) in [6, 6.07) is 8.07. The monoisotopic (exact) mass is 272 g/mol. The van der Waals surface area contributed by atoms with Crippen molar-refractivity contribution in [1.82, 2.24) is 9.55 Å². The quantitative estimate of drug-likeness (QED) is 0.751. The lowest BCUT2D eigenvalue weighted by Gasteiger charge is -2.18. The Morgan fingerprint density at radius 2 is 1.85 bits per heavy atom. The van der Waals surface area contributed by atoms with Crippen LogP contribution in [-0.2, 0) is 0 Å². The van der Waals surface area contributed by atoms with Crippen LogP contribution in [0.4, 0.5) is 0 Å². The molecule has 0 bridgehead atoms. The predicted molar refractivity (Wildman–Crippen MR) is 83.1 cm³/mol. The summed E-state index contributed by atoms with van der Waals surface area (Å²) in [5.41, 5.74) is 1.94. The van der Waals surface area contributed by atoms with Crippen LogP contribution < -0.4 is 0 Å². The van der Waals surface area contributed by atoms with Crippen LogP contribution in [0.2, 0.25) is 0 Å². The molecule has 2 aromatic rings. The largest absolute Gasteiger partial charge is 0.330 e. The van der Waals surface area contributed by atoms with E-state index in [9.17, 15) is 4.79 Å². The Hall–Kier alpha value is -1.90. The van der Waals surface area contributed by atoms with E-state index in [0.29, 0.717) is 6.04 Å². The highest BCUT2D eigenvalue weighted by Gasteiger charge is 2.11. The molecular weight excluding hydrogens is 248 g/mol. The van der Waals surface area contributed by atoms with Gasteiger partial charge in [0, 0.05) is 18.0 Å². The number of imidazole rings is 1. The van der Waals surface area contributed by atoms with E-state index < -0.39 is 0 Å². The number of hydrogen-bond acceptors (Lipinski definition) is 2. The predicted octanol–water partition coefficient (Wildman–Crippen LogP) is 4.50. The fourth-order valence-electron chi connectivity index (χ4n) is 2.01. The summed E-state index contributed by atoms with van der Waals surface area (Å²) in [6.07, 6.45) is 9.91. The van der Waals surface area contributed by atoms with Gasteiger partial charge in [-0.2, -0.15) is 0 Å². The maximum absolute atomic E-state index is 10.6. The second-order valence-corrected chi connectivity index (χ2v) is 4.81. The summed E-state index contributed by atoms with van der Waals surface area (Å²) in [7, 11) is 0. The van der Waals surface area contributed by atoms with Crippen LogP contribution in [0.15, 0.2) is 43.0 Å². The molecule has 0 saturated heterocycles. The molecule has 1 aromatic carbocycles. The normalized spacial score (nSPS) is 11.3. The Balaban J connectivity index is 0.000000612. The van der Waals surface area contributed by atoms with Crippen LogP contribution in [0, 0.1) is 0 Å². The minimum Gasteiger partial charge on any atom is -0.330 e. The lowest BCUT2D eigenvalue weighted by molar-refractivity contribution is 0.112. The molecule has 3 heteroatoms. The number of aromatic nitrogens is 2. The van der Waals surface area contributed by atoms with Crippen LogP contribution in [0.5, 0.6) is 0 Å². The number of carbonyl (C=O) groups excluding carboxylic acids is 1. The second kappa shape index (κ2) is 9.08. The summed E-state index contributed by atoms with van der Waals surface area (Å²) < 4.78 is 2.11. The molecule has 0 radical (unpaired) electrons. The molecular formula is C17H24N2O. The lowest BCUT2D eigenvalue weighted by Crippen LogP contribution is -2.08. The summed E-state index contributed by atoms with van der Waals surface area (Å²) in [5.74, 6) is 0. The first-order chi connectivity index (χ1) is 9.76. The van der Waals surface area contributed by atoms with E-state index in [0.717, 1.165) is 24.7 Å². The van der Waals surface area contributed by atoms with Gasteiger partial charge in [0.25, 0.3) is 0 Å². The van der Waals surface area contributed by atoms with Crippen LogP contribution in [0.3, 0.4) is 0 Å². The molecule has 0 saturated carbocycles. The summed E-state index contributed by atoms with van der Waals surface area (Å²) in [4.78, 5) is 14.7. The molecule has 0 aliphatic rings. The van der Waals surface area contributed by atoms with E-state index >= 15 is 0 Å². The smallest absolute Gasteiger partial charge is 0.150 e. The van der Waals surface area contributed by atoms with Gasteiger partial charge >= 0.3 is 0 Å². The molecule has 1 atom stereocenters. The molecule has 0 fully saturated rings. The first kappa shape index (κ1) is 16.2. The van der Waals surface area contributed by atoms with Crippen molar-refractivity contribution in [3.63, 3.8) is 0 Å². The zero-order chi connectivity index (χ0) is 14.8. The summed E-state index contributed by atoms with van der Waals surface area (Å²) in [5, 5.41) is 0. The minimum absolute atomic E-state index is 0.309. The SMILES string of the molecule is CCC.CCCC(c1ccc(C=O)cc1)n1ccnc1. The number of rotatable bonds is 5.